The minimum Gasteiger partial charge on any atom is -0.320 e. The molecule has 114 valence electrons. The summed E-state index contributed by atoms with van der Waals surface area (Å²) in [6, 6.07) is 15.2. The molecule has 0 unspecified atom stereocenters. The third-order valence-electron chi connectivity index (χ3n) is 4.50. The first-order valence-corrected chi connectivity index (χ1v) is 7.80. The van der Waals surface area contributed by atoms with E-state index in [0.717, 1.165) is 17.0 Å². The monoisotopic (exact) mass is 301 g/mol. The predicted molar refractivity (Wildman–Crippen MR) is 94.5 cm³/mol. The number of hydrogen-bond acceptors (Lipinski definition) is 1. The van der Waals surface area contributed by atoms with E-state index in [-0.39, 0.29) is 0 Å². The standard InChI is InChI=1S/C20H19N3/c1-14-4-5-18(12-15(14)2)16-6-8-17(9-7-16)19-13-23-11-10-22(3)20(23)21-19/h4-13H,1-3H3. The van der Waals surface area contributed by atoms with Crippen LogP contribution in [0.5, 0.6) is 0 Å². The molecule has 0 aliphatic carbocycles. The van der Waals surface area contributed by atoms with E-state index < -0.39 is 0 Å². The maximum atomic E-state index is 4.70. The Bertz CT molecular complexity index is 988. The van der Waals surface area contributed by atoms with Crippen LogP contribution < -0.4 is 0 Å². The van der Waals surface area contributed by atoms with Gasteiger partial charge >= 0.3 is 0 Å². The maximum Gasteiger partial charge on any atom is 0.214 e. The Balaban J connectivity index is 1.70. The molecule has 2 aromatic carbocycles. The average molecular weight is 301 g/mol. The number of fused-ring (bicyclic) bond motifs is 1. The van der Waals surface area contributed by atoms with Crippen molar-refractivity contribution in [2.45, 2.75) is 13.8 Å². The summed E-state index contributed by atoms with van der Waals surface area (Å²) < 4.78 is 4.07. The fourth-order valence-corrected chi connectivity index (χ4v) is 2.89. The summed E-state index contributed by atoms with van der Waals surface area (Å²) in [4.78, 5) is 4.70. The van der Waals surface area contributed by atoms with Crippen molar-refractivity contribution in [3.8, 4) is 22.4 Å². The molecule has 4 rings (SSSR count). The molecule has 0 bridgehead atoms. The Morgan fingerprint density at radius 1 is 0.783 bits per heavy atom. The van der Waals surface area contributed by atoms with Crippen molar-refractivity contribution in [1.82, 2.24) is 14.0 Å². The second-order valence-corrected chi connectivity index (χ2v) is 6.12. The third kappa shape index (κ3) is 2.34. The second-order valence-electron chi connectivity index (χ2n) is 6.12. The molecule has 0 radical (unpaired) electrons. The van der Waals surface area contributed by atoms with E-state index in [9.17, 15) is 0 Å². The summed E-state index contributed by atoms with van der Waals surface area (Å²) >= 11 is 0. The highest BCUT2D eigenvalue weighted by Gasteiger charge is 2.07. The zero-order valence-corrected chi connectivity index (χ0v) is 13.6. The highest BCUT2D eigenvalue weighted by Crippen LogP contribution is 2.26. The Labute approximate surface area is 135 Å². The van der Waals surface area contributed by atoms with Gasteiger partial charge in [-0.05, 0) is 36.1 Å². The van der Waals surface area contributed by atoms with Crippen molar-refractivity contribution >= 4 is 5.78 Å². The van der Waals surface area contributed by atoms with Gasteiger partial charge in [-0.25, -0.2) is 4.98 Å². The number of benzene rings is 2. The van der Waals surface area contributed by atoms with Gasteiger partial charge in [-0.1, -0.05) is 42.5 Å². The maximum absolute atomic E-state index is 4.70. The summed E-state index contributed by atoms with van der Waals surface area (Å²) in [5, 5.41) is 0. The van der Waals surface area contributed by atoms with Gasteiger partial charge in [-0.3, -0.25) is 4.40 Å². The molecule has 23 heavy (non-hydrogen) atoms. The van der Waals surface area contributed by atoms with Crippen LogP contribution in [0.2, 0.25) is 0 Å². The molecule has 2 aromatic heterocycles. The third-order valence-corrected chi connectivity index (χ3v) is 4.50. The second kappa shape index (κ2) is 5.13. The van der Waals surface area contributed by atoms with Gasteiger partial charge in [0.05, 0.1) is 5.69 Å². The van der Waals surface area contributed by atoms with Crippen molar-refractivity contribution in [3.05, 3.63) is 72.2 Å². The molecule has 0 N–H and O–H groups in total. The Hall–Kier alpha value is -2.81. The van der Waals surface area contributed by atoms with Gasteiger partial charge < -0.3 is 4.57 Å². The van der Waals surface area contributed by atoms with E-state index >= 15 is 0 Å². The Kier molecular flexibility index (Phi) is 3.08. The van der Waals surface area contributed by atoms with Gasteiger partial charge in [-0.15, -0.1) is 0 Å². The quantitative estimate of drug-likeness (QED) is 0.529. The van der Waals surface area contributed by atoms with Gasteiger partial charge in [0.2, 0.25) is 5.78 Å². The SMILES string of the molecule is Cc1ccc(-c2ccc(-c3cn4ccn(C)c4n3)cc2)cc1C. The van der Waals surface area contributed by atoms with Gasteiger partial charge in [-0.2, -0.15) is 0 Å². The lowest BCUT2D eigenvalue weighted by atomic mass is 9.99. The van der Waals surface area contributed by atoms with E-state index in [1.165, 1.54) is 22.3 Å². The van der Waals surface area contributed by atoms with E-state index in [1.54, 1.807) is 0 Å². The molecule has 0 fully saturated rings. The summed E-state index contributed by atoms with van der Waals surface area (Å²) in [6.07, 6.45) is 6.10. The highest BCUT2D eigenvalue weighted by molar-refractivity contribution is 5.70. The molecule has 0 amide bonds. The topological polar surface area (TPSA) is 22.2 Å². The number of rotatable bonds is 2. The van der Waals surface area contributed by atoms with Gasteiger partial charge in [0.15, 0.2) is 0 Å². The molecular weight excluding hydrogens is 282 g/mol. The summed E-state index contributed by atoms with van der Waals surface area (Å²) in [7, 11) is 2.01. The first kappa shape index (κ1) is 13.8. The molecule has 0 atom stereocenters. The number of nitrogens with zero attached hydrogens (tertiary/aromatic N) is 3. The molecular formula is C20H19N3. The molecule has 0 aliphatic rings. The lowest BCUT2D eigenvalue weighted by molar-refractivity contribution is 0.938. The zero-order chi connectivity index (χ0) is 16.0. The minimum atomic E-state index is 0.957. The fourth-order valence-electron chi connectivity index (χ4n) is 2.89. The molecule has 2 heterocycles. The molecule has 3 nitrogen and oxygen atoms in total. The van der Waals surface area contributed by atoms with Crippen molar-refractivity contribution < 1.29 is 0 Å². The zero-order valence-electron chi connectivity index (χ0n) is 13.6. The largest absolute Gasteiger partial charge is 0.320 e. The molecule has 0 saturated heterocycles. The normalized spacial score (nSPS) is 11.3. The van der Waals surface area contributed by atoms with Crippen molar-refractivity contribution in [2.75, 3.05) is 0 Å². The first-order chi connectivity index (χ1) is 11.1. The van der Waals surface area contributed by atoms with Crippen molar-refractivity contribution in [3.63, 3.8) is 0 Å². The fraction of sp³-hybridized carbons (Fsp3) is 0.150. The van der Waals surface area contributed by atoms with Crippen LogP contribution >= 0.6 is 0 Å². The average Bonchev–Trinajstić information content (AvgIpc) is 3.13. The lowest BCUT2D eigenvalue weighted by Gasteiger charge is -2.06. The Morgan fingerprint density at radius 3 is 2.17 bits per heavy atom. The minimum absolute atomic E-state index is 0.957. The van der Waals surface area contributed by atoms with Crippen LogP contribution in [-0.4, -0.2) is 14.0 Å². The van der Waals surface area contributed by atoms with Gasteiger partial charge in [0.25, 0.3) is 0 Å². The van der Waals surface area contributed by atoms with Crippen LogP contribution in [0.3, 0.4) is 0 Å². The molecule has 0 saturated carbocycles. The van der Waals surface area contributed by atoms with Crippen LogP contribution in [0.1, 0.15) is 11.1 Å². The first-order valence-electron chi connectivity index (χ1n) is 7.80. The van der Waals surface area contributed by atoms with Crippen LogP contribution in [0.25, 0.3) is 28.2 Å². The number of imidazole rings is 2. The van der Waals surface area contributed by atoms with E-state index in [4.69, 9.17) is 4.98 Å². The summed E-state index contributed by atoms with van der Waals surface area (Å²) in [5.74, 6) is 0.957. The summed E-state index contributed by atoms with van der Waals surface area (Å²) in [5.41, 5.74) is 7.29. The van der Waals surface area contributed by atoms with Crippen molar-refractivity contribution in [2.24, 2.45) is 7.05 Å². The molecule has 0 spiro atoms. The lowest BCUT2D eigenvalue weighted by Crippen LogP contribution is -1.86. The number of aryl methyl sites for hydroxylation is 3. The van der Waals surface area contributed by atoms with E-state index in [2.05, 4.69) is 62.5 Å². The number of aromatic nitrogens is 3. The van der Waals surface area contributed by atoms with Gasteiger partial charge in [0.1, 0.15) is 0 Å². The van der Waals surface area contributed by atoms with Crippen LogP contribution in [0.4, 0.5) is 0 Å². The molecule has 3 heteroatoms. The molecule has 4 aromatic rings. The van der Waals surface area contributed by atoms with E-state index in [0.29, 0.717) is 0 Å². The number of hydrogen-bond donors (Lipinski definition) is 0. The van der Waals surface area contributed by atoms with Gasteiger partial charge in [0, 0.05) is 31.2 Å². The smallest absolute Gasteiger partial charge is 0.214 e. The molecule has 0 aliphatic heterocycles. The highest BCUT2D eigenvalue weighted by atomic mass is 15.2. The van der Waals surface area contributed by atoms with E-state index in [1.807, 2.05) is 28.4 Å². The van der Waals surface area contributed by atoms with Crippen LogP contribution in [-0.2, 0) is 7.05 Å². The van der Waals surface area contributed by atoms with Crippen LogP contribution in [0, 0.1) is 13.8 Å². The summed E-state index contributed by atoms with van der Waals surface area (Å²) in [6.45, 7) is 4.30. The van der Waals surface area contributed by atoms with Crippen molar-refractivity contribution in [1.29, 1.82) is 0 Å². The Morgan fingerprint density at radius 2 is 1.48 bits per heavy atom. The predicted octanol–water partition coefficient (Wildman–Crippen LogP) is 4.62. The van der Waals surface area contributed by atoms with Crippen LogP contribution in [0.15, 0.2) is 61.1 Å².